The van der Waals surface area contributed by atoms with E-state index in [0.29, 0.717) is 66.6 Å². The number of benzene rings is 2. The lowest BCUT2D eigenvalue weighted by Crippen LogP contribution is -2.10. The van der Waals surface area contributed by atoms with E-state index in [1.165, 1.54) is 0 Å². The highest BCUT2D eigenvalue weighted by Crippen LogP contribution is 2.23. The van der Waals surface area contributed by atoms with Gasteiger partial charge in [-0.25, -0.2) is 14.4 Å². The Bertz CT molecular complexity index is 1170. The molecule has 1 aliphatic carbocycles. The SMILES string of the molecule is C=CCOc1ccc(C(=O)OC2=CC=C(OC(=O)c3ccc(OCCCOC(=O)C=C)cc3)CC2)cc1. The highest BCUT2D eigenvalue weighted by molar-refractivity contribution is 5.91. The van der Waals surface area contributed by atoms with Crippen molar-refractivity contribution in [2.75, 3.05) is 19.8 Å². The van der Waals surface area contributed by atoms with E-state index < -0.39 is 17.9 Å². The fourth-order valence-electron chi connectivity index (χ4n) is 3.14. The van der Waals surface area contributed by atoms with Crippen LogP contribution in [-0.2, 0) is 19.0 Å². The van der Waals surface area contributed by atoms with E-state index in [9.17, 15) is 14.4 Å². The van der Waals surface area contributed by atoms with Crippen LogP contribution in [0, 0.1) is 0 Å². The summed E-state index contributed by atoms with van der Waals surface area (Å²) in [6, 6.07) is 13.2. The van der Waals surface area contributed by atoms with Gasteiger partial charge in [0.2, 0.25) is 0 Å². The molecule has 0 spiro atoms. The van der Waals surface area contributed by atoms with Crippen LogP contribution in [0.1, 0.15) is 40.0 Å². The van der Waals surface area contributed by atoms with Crippen LogP contribution in [0.2, 0.25) is 0 Å². The van der Waals surface area contributed by atoms with E-state index in [2.05, 4.69) is 13.2 Å². The third kappa shape index (κ3) is 8.85. The second-order valence-corrected chi connectivity index (χ2v) is 7.77. The Balaban J connectivity index is 1.44. The maximum atomic E-state index is 12.5. The quantitative estimate of drug-likeness (QED) is 0.119. The topological polar surface area (TPSA) is 97.4 Å². The molecule has 0 saturated carbocycles. The van der Waals surface area contributed by atoms with Crippen LogP contribution in [0.25, 0.3) is 0 Å². The number of allylic oxidation sites excluding steroid dienone is 4. The normalized spacial score (nSPS) is 12.3. The number of esters is 3. The summed E-state index contributed by atoms with van der Waals surface area (Å²) < 4.78 is 26.8. The first-order valence-corrected chi connectivity index (χ1v) is 11.7. The summed E-state index contributed by atoms with van der Waals surface area (Å²) in [7, 11) is 0. The zero-order chi connectivity index (χ0) is 26.5. The highest BCUT2D eigenvalue weighted by Gasteiger charge is 2.17. The average Bonchev–Trinajstić information content (AvgIpc) is 2.93. The van der Waals surface area contributed by atoms with E-state index in [1.807, 2.05) is 0 Å². The summed E-state index contributed by atoms with van der Waals surface area (Å²) in [6.07, 6.45) is 7.34. The Labute approximate surface area is 215 Å². The maximum Gasteiger partial charge on any atom is 0.343 e. The van der Waals surface area contributed by atoms with Crippen molar-refractivity contribution in [3.8, 4) is 11.5 Å². The smallest absolute Gasteiger partial charge is 0.343 e. The Morgan fingerprint density at radius 1 is 0.730 bits per heavy atom. The average molecular weight is 505 g/mol. The minimum absolute atomic E-state index is 0.235. The highest BCUT2D eigenvalue weighted by atomic mass is 16.5. The van der Waals surface area contributed by atoms with Gasteiger partial charge in [0.1, 0.15) is 29.6 Å². The van der Waals surface area contributed by atoms with Crippen LogP contribution >= 0.6 is 0 Å². The van der Waals surface area contributed by atoms with Crippen molar-refractivity contribution < 1.29 is 38.1 Å². The third-order valence-electron chi connectivity index (χ3n) is 5.04. The second kappa shape index (κ2) is 14.1. The summed E-state index contributed by atoms with van der Waals surface area (Å²) >= 11 is 0. The maximum absolute atomic E-state index is 12.5. The van der Waals surface area contributed by atoms with E-state index in [1.54, 1.807) is 66.8 Å². The Kier molecular flexibility index (Phi) is 10.3. The van der Waals surface area contributed by atoms with Crippen molar-refractivity contribution in [2.45, 2.75) is 19.3 Å². The van der Waals surface area contributed by atoms with Crippen molar-refractivity contribution in [2.24, 2.45) is 0 Å². The standard InChI is InChI=1S/C29H28O8/c1-3-18-33-23-10-6-21(7-11-23)28(31)36-25-14-16-26(17-15-25)37-29(32)22-8-12-24(13-9-22)34-19-5-20-35-27(30)4-2/h3-4,6-14,16H,1-2,5,15,17-20H2. The van der Waals surface area contributed by atoms with Crippen LogP contribution < -0.4 is 9.47 Å². The van der Waals surface area contributed by atoms with Crippen LogP contribution in [0.15, 0.2) is 97.5 Å². The predicted molar refractivity (Wildman–Crippen MR) is 136 cm³/mol. The van der Waals surface area contributed by atoms with Crippen molar-refractivity contribution in [1.82, 2.24) is 0 Å². The first-order chi connectivity index (χ1) is 18.0. The number of carbonyl (C=O) groups is 3. The summed E-state index contributed by atoms with van der Waals surface area (Å²) in [5.74, 6) is 0.726. The van der Waals surface area contributed by atoms with Gasteiger partial charge in [-0.2, -0.15) is 0 Å². The molecule has 0 N–H and O–H groups in total. The molecule has 8 nitrogen and oxygen atoms in total. The Morgan fingerprint density at radius 3 is 1.70 bits per heavy atom. The molecule has 192 valence electrons. The first kappa shape index (κ1) is 27.0. The summed E-state index contributed by atoms with van der Waals surface area (Å²) in [4.78, 5) is 35.8. The number of hydrogen-bond donors (Lipinski definition) is 0. The van der Waals surface area contributed by atoms with Gasteiger partial charge in [0.15, 0.2) is 0 Å². The van der Waals surface area contributed by atoms with Crippen LogP contribution in [0.4, 0.5) is 0 Å². The van der Waals surface area contributed by atoms with Crippen molar-refractivity contribution in [3.63, 3.8) is 0 Å². The molecule has 0 unspecified atom stereocenters. The van der Waals surface area contributed by atoms with Gasteiger partial charge in [-0.3, -0.25) is 0 Å². The fourth-order valence-corrected chi connectivity index (χ4v) is 3.14. The molecule has 8 heteroatoms. The fraction of sp³-hybridized carbons (Fsp3) is 0.207. The summed E-state index contributed by atoms with van der Waals surface area (Å²) in [5.41, 5.74) is 0.770. The molecule has 0 atom stereocenters. The van der Waals surface area contributed by atoms with Gasteiger partial charge >= 0.3 is 17.9 Å². The summed E-state index contributed by atoms with van der Waals surface area (Å²) in [6.45, 7) is 7.89. The van der Waals surface area contributed by atoms with E-state index in [-0.39, 0.29) is 6.61 Å². The van der Waals surface area contributed by atoms with Gasteiger partial charge in [0, 0.05) is 25.3 Å². The molecule has 0 aliphatic heterocycles. The zero-order valence-corrected chi connectivity index (χ0v) is 20.4. The molecular formula is C29H28O8. The number of ether oxygens (including phenoxy) is 5. The molecule has 0 bridgehead atoms. The monoisotopic (exact) mass is 504 g/mol. The number of rotatable bonds is 13. The Morgan fingerprint density at radius 2 is 1.24 bits per heavy atom. The minimum atomic E-state index is -0.498. The lowest BCUT2D eigenvalue weighted by Gasteiger charge is -2.15. The molecule has 0 fully saturated rings. The molecule has 2 aromatic rings. The molecule has 0 heterocycles. The van der Waals surface area contributed by atoms with E-state index in [0.717, 1.165) is 6.08 Å². The lowest BCUT2D eigenvalue weighted by molar-refractivity contribution is -0.137. The van der Waals surface area contributed by atoms with E-state index in [4.69, 9.17) is 23.7 Å². The zero-order valence-electron chi connectivity index (χ0n) is 20.4. The molecule has 1 aliphatic rings. The van der Waals surface area contributed by atoms with Crippen LogP contribution in [0.5, 0.6) is 11.5 Å². The van der Waals surface area contributed by atoms with Gasteiger partial charge in [0.05, 0.1) is 24.3 Å². The van der Waals surface area contributed by atoms with Crippen LogP contribution in [-0.4, -0.2) is 37.7 Å². The van der Waals surface area contributed by atoms with Gasteiger partial charge in [-0.1, -0.05) is 19.2 Å². The predicted octanol–water partition coefficient (Wildman–Crippen LogP) is 5.32. The molecule has 0 amide bonds. The number of carbonyl (C=O) groups excluding carboxylic acids is 3. The minimum Gasteiger partial charge on any atom is -0.493 e. The largest absolute Gasteiger partial charge is 0.493 e. The van der Waals surface area contributed by atoms with Crippen LogP contribution in [0.3, 0.4) is 0 Å². The lowest BCUT2D eigenvalue weighted by atomic mass is 10.1. The van der Waals surface area contributed by atoms with Crippen molar-refractivity contribution in [3.05, 3.63) is 109 Å². The molecule has 37 heavy (non-hydrogen) atoms. The van der Waals surface area contributed by atoms with Gasteiger partial charge in [0.25, 0.3) is 0 Å². The van der Waals surface area contributed by atoms with Crippen molar-refractivity contribution in [1.29, 1.82) is 0 Å². The summed E-state index contributed by atoms with van der Waals surface area (Å²) in [5, 5.41) is 0. The molecule has 3 rings (SSSR count). The second-order valence-electron chi connectivity index (χ2n) is 7.77. The molecule has 2 aromatic carbocycles. The van der Waals surface area contributed by atoms with Gasteiger partial charge in [-0.15, -0.1) is 0 Å². The molecule has 0 saturated heterocycles. The number of hydrogen-bond acceptors (Lipinski definition) is 8. The third-order valence-corrected chi connectivity index (χ3v) is 5.04. The first-order valence-electron chi connectivity index (χ1n) is 11.7. The molecule has 0 radical (unpaired) electrons. The van der Waals surface area contributed by atoms with Gasteiger partial charge in [-0.05, 0) is 60.7 Å². The van der Waals surface area contributed by atoms with Crippen molar-refractivity contribution >= 4 is 17.9 Å². The molecule has 0 aromatic heterocycles. The van der Waals surface area contributed by atoms with Gasteiger partial charge < -0.3 is 23.7 Å². The Hall–Kier alpha value is -4.59. The van der Waals surface area contributed by atoms with E-state index >= 15 is 0 Å². The molecular weight excluding hydrogens is 476 g/mol.